The van der Waals surface area contributed by atoms with Gasteiger partial charge in [0.1, 0.15) is 11.6 Å². The fourth-order valence-corrected chi connectivity index (χ4v) is 3.79. The van der Waals surface area contributed by atoms with Gasteiger partial charge in [0.05, 0.1) is 0 Å². The normalized spacial score (nSPS) is 16.9. The lowest BCUT2D eigenvalue weighted by Crippen LogP contribution is -2.50. The molecule has 0 radical (unpaired) electrons. The minimum Gasteiger partial charge on any atom is -0.444 e. The fraction of sp³-hybridized carbons (Fsp3) is 0.440. The SMILES string of the molecule is CC(C)(C)OC(=O)NC(Cc1ccccc1)C(=O)NCC1CCN(c2ccc(F)c(F)c2)C1. The number of nitrogens with zero attached hydrogens (tertiary/aromatic N) is 1. The third-order valence-electron chi connectivity index (χ3n) is 5.41. The van der Waals surface area contributed by atoms with Crippen molar-refractivity contribution in [2.24, 2.45) is 5.92 Å². The molecular weight excluding hydrogens is 428 g/mol. The molecule has 1 aliphatic heterocycles. The Bertz CT molecular complexity index is 963. The molecule has 6 nitrogen and oxygen atoms in total. The van der Waals surface area contributed by atoms with Gasteiger partial charge in [-0.15, -0.1) is 0 Å². The lowest BCUT2D eigenvalue weighted by Gasteiger charge is -2.24. The van der Waals surface area contributed by atoms with Crippen molar-refractivity contribution >= 4 is 17.7 Å². The van der Waals surface area contributed by atoms with Crippen LogP contribution in [0.4, 0.5) is 19.3 Å². The van der Waals surface area contributed by atoms with Crippen LogP contribution >= 0.6 is 0 Å². The maximum absolute atomic E-state index is 13.6. The highest BCUT2D eigenvalue weighted by atomic mass is 19.2. The number of amides is 2. The first-order valence-corrected chi connectivity index (χ1v) is 11.1. The number of carbonyl (C=O) groups excluding carboxylic acids is 2. The third kappa shape index (κ3) is 7.44. The molecule has 0 spiro atoms. The second-order valence-electron chi connectivity index (χ2n) is 9.33. The molecule has 0 aliphatic carbocycles. The van der Waals surface area contributed by atoms with Gasteiger partial charge in [-0.05, 0) is 50.8 Å². The van der Waals surface area contributed by atoms with Crippen LogP contribution in [-0.2, 0) is 16.0 Å². The minimum atomic E-state index is -0.874. The van der Waals surface area contributed by atoms with Crippen LogP contribution in [-0.4, -0.2) is 43.3 Å². The summed E-state index contributed by atoms with van der Waals surface area (Å²) in [5.41, 5.74) is 0.862. The predicted molar refractivity (Wildman–Crippen MR) is 123 cm³/mol. The topological polar surface area (TPSA) is 70.7 Å². The summed E-state index contributed by atoms with van der Waals surface area (Å²) in [6, 6.07) is 12.5. The molecule has 2 atom stereocenters. The van der Waals surface area contributed by atoms with E-state index in [1.54, 1.807) is 26.8 Å². The number of rotatable bonds is 7. The Labute approximate surface area is 193 Å². The van der Waals surface area contributed by atoms with Gasteiger partial charge in [-0.3, -0.25) is 4.79 Å². The molecule has 1 aliphatic rings. The van der Waals surface area contributed by atoms with E-state index in [4.69, 9.17) is 4.74 Å². The second-order valence-corrected chi connectivity index (χ2v) is 9.33. The van der Waals surface area contributed by atoms with Crippen LogP contribution < -0.4 is 15.5 Å². The molecule has 2 unspecified atom stereocenters. The average Bonchev–Trinajstić information content (AvgIpc) is 3.22. The van der Waals surface area contributed by atoms with Crippen molar-refractivity contribution in [1.29, 1.82) is 0 Å². The number of carbonyl (C=O) groups is 2. The molecule has 178 valence electrons. The van der Waals surface area contributed by atoms with Gasteiger partial charge < -0.3 is 20.3 Å². The van der Waals surface area contributed by atoms with Crippen molar-refractivity contribution in [3.63, 3.8) is 0 Å². The summed E-state index contributed by atoms with van der Waals surface area (Å²) in [7, 11) is 0. The van der Waals surface area contributed by atoms with E-state index < -0.39 is 29.4 Å². The fourth-order valence-electron chi connectivity index (χ4n) is 3.79. The molecule has 0 bridgehead atoms. The molecule has 0 saturated carbocycles. The van der Waals surface area contributed by atoms with Gasteiger partial charge in [-0.1, -0.05) is 30.3 Å². The highest BCUT2D eigenvalue weighted by Gasteiger charge is 2.27. The zero-order chi connectivity index (χ0) is 24.0. The maximum atomic E-state index is 13.6. The predicted octanol–water partition coefficient (Wildman–Crippen LogP) is 4.04. The lowest BCUT2D eigenvalue weighted by molar-refractivity contribution is -0.123. The van der Waals surface area contributed by atoms with Gasteiger partial charge in [0, 0.05) is 37.8 Å². The highest BCUT2D eigenvalue weighted by molar-refractivity contribution is 5.86. The largest absolute Gasteiger partial charge is 0.444 e. The van der Waals surface area contributed by atoms with E-state index in [1.807, 2.05) is 35.2 Å². The minimum absolute atomic E-state index is 0.154. The van der Waals surface area contributed by atoms with Crippen molar-refractivity contribution in [3.8, 4) is 0 Å². The van der Waals surface area contributed by atoms with Crippen molar-refractivity contribution in [2.75, 3.05) is 24.5 Å². The molecular formula is C25H31F2N3O3. The molecule has 2 aromatic carbocycles. The van der Waals surface area contributed by atoms with Crippen LogP contribution in [0, 0.1) is 17.6 Å². The van der Waals surface area contributed by atoms with E-state index in [0.29, 0.717) is 31.7 Å². The summed E-state index contributed by atoms with van der Waals surface area (Å²) >= 11 is 0. The van der Waals surface area contributed by atoms with Crippen LogP contribution in [0.5, 0.6) is 0 Å². The third-order valence-corrected chi connectivity index (χ3v) is 5.41. The van der Waals surface area contributed by atoms with Gasteiger partial charge in [-0.2, -0.15) is 0 Å². The van der Waals surface area contributed by atoms with Crippen LogP contribution in [0.1, 0.15) is 32.8 Å². The smallest absolute Gasteiger partial charge is 0.408 e. The van der Waals surface area contributed by atoms with E-state index in [0.717, 1.165) is 18.1 Å². The average molecular weight is 460 g/mol. The van der Waals surface area contributed by atoms with Crippen LogP contribution in [0.2, 0.25) is 0 Å². The molecule has 0 aromatic heterocycles. The van der Waals surface area contributed by atoms with E-state index in [1.165, 1.54) is 6.07 Å². The van der Waals surface area contributed by atoms with E-state index in [2.05, 4.69) is 10.6 Å². The van der Waals surface area contributed by atoms with Crippen LogP contribution in [0.15, 0.2) is 48.5 Å². The molecule has 1 fully saturated rings. The Morgan fingerprint density at radius 2 is 1.85 bits per heavy atom. The Morgan fingerprint density at radius 1 is 1.12 bits per heavy atom. The van der Waals surface area contributed by atoms with Gasteiger partial charge >= 0.3 is 6.09 Å². The number of halogens is 2. The van der Waals surface area contributed by atoms with Crippen molar-refractivity contribution in [1.82, 2.24) is 10.6 Å². The summed E-state index contributed by atoms with van der Waals surface area (Å²) in [4.78, 5) is 27.2. The highest BCUT2D eigenvalue weighted by Crippen LogP contribution is 2.25. The van der Waals surface area contributed by atoms with Gasteiger partial charge in [0.2, 0.25) is 5.91 Å². The first kappa shape index (κ1) is 24.5. The number of anilines is 1. The Kier molecular flexibility index (Phi) is 7.89. The Hall–Kier alpha value is -3.16. The molecule has 8 heteroatoms. The van der Waals surface area contributed by atoms with Gasteiger partial charge in [0.15, 0.2) is 11.6 Å². The van der Waals surface area contributed by atoms with Crippen molar-refractivity contribution < 1.29 is 23.1 Å². The number of ether oxygens (including phenoxy) is 1. The summed E-state index contributed by atoms with van der Waals surface area (Å²) < 4.78 is 32.1. The van der Waals surface area contributed by atoms with E-state index >= 15 is 0 Å². The first-order chi connectivity index (χ1) is 15.6. The van der Waals surface area contributed by atoms with E-state index in [-0.39, 0.29) is 11.8 Å². The molecule has 2 amide bonds. The quantitative estimate of drug-likeness (QED) is 0.656. The Morgan fingerprint density at radius 3 is 2.52 bits per heavy atom. The first-order valence-electron chi connectivity index (χ1n) is 11.1. The number of benzene rings is 2. The molecule has 1 heterocycles. The van der Waals surface area contributed by atoms with Crippen molar-refractivity contribution in [3.05, 3.63) is 65.7 Å². The molecule has 1 saturated heterocycles. The number of hydrogen-bond acceptors (Lipinski definition) is 4. The monoisotopic (exact) mass is 459 g/mol. The van der Waals surface area contributed by atoms with Crippen LogP contribution in [0.25, 0.3) is 0 Å². The molecule has 33 heavy (non-hydrogen) atoms. The lowest BCUT2D eigenvalue weighted by atomic mass is 10.0. The number of nitrogens with one attached hydrogen (secondary N) is 2. The zero-order valence-corrected chi connectivity index (χ0v) is 19.2. The zero-order valence-electron chi connectivity index (χ0n) is 19.2. The second kappa shape index (κ2) is 10.6. The van der Waals surface area contributed by atoms with Crippen molar-refractivity contribution in [2.45, 2.75) is 45.3 Å². The molecule has 2 aromatic rings. The number of alkyl carbamates (subject to hydrolysis) is 1. The van der Waals surface area contributed by atoms with Gasteiger partial charge in [0.25, 0.3) is 0 Å². The van der Waals surface area contributed by atoms with Crippen LogP contribution in [0.3, 0.4) is 0 Å². The summed E-state index contributed by atoms with van der Waals surface area (Å²) in [5.74, 6) is -1.89. The summed E-state index contributed by atoms with van der Waals surface area (Å²) in [6.07, 6.45) is 0.489. The maximum Gasteiger partial charge on any atom is 0.408 e. The summed E-state index contributed by atoms with van der Waals surface area (Å²) in [5, 5.41) is 5.62. The Balaban J connectivity index is 1.58. The molecule has 3 rings (SSSR count). The van der Waals surface area contributed by atoms with E-state index in [9.17, 15) is 18.4 Å². The standard InChI is InChI=1S/C25H31F2N3O3/c1-25(2,3)33-24(32)29-22(13-17-7-5-4-6-8-17)23(31)28-15-18-11-12-30(16-18)19-9-10-20(26)21(27)14-19/h4-10,14,18,22H,11-13,15-16H2,1-3H3,(H,28,31)(H,29,32). The van der Waals surface area contributed by atoms with Gasteiger partial charge in [-0.25, -0.2) is 13.6 Å². The summed E-state index contributed by atoms with van der Waals surface area (Å²) in [6.45, 7) is 7.01. The number of hydrogen-bond donors (Lipinski definition) is 2. The molecule has 2 N–H and O–H groups in total.